The van der Waals surface area contributed by atoms with Crippen LogP contribution in [0.5, 0.6) is 0 Å². The summed E-state index contributed by atoms with van der Waals surface area (Å²) in [6.45, 7) is 1.64. The minimum absolute atomic E-state index is 0.271. The van der Waals surface area contributed by atoms with Crippen molar-refractivity contribution in [3.63, 3.8) is 0 Å². The first-order chi connectivity index (χ1) is 11.8. The van der Waals surface area contributed by atoms with E-state index in [1.165, 1.54) is 12.3 Å². The van der Waals surface area contributed by atoms with E-state index in [-0.39, 0.29) is 11.9 Å². The van der Waals surface area contributed by atoms with E-state index in [0.29, 0.717) is 0 Å². The summed E-state index contributed by atoms with van der Waals surface area (Å²) >= 11 is 0. The molecular formula is C19H18FN3O. The zero-order chi connectivity index (χ0) is 16.4. The molecule has 0 N–H and O–H groups in total. The number of hydrogen-bond donors (Lipinski definition) is 0. The van der Waals surface area contributed by atoms with Gasteiger partial charge in [-0.25, -0.2) is 4.39 Å². The summed E-state index contributed by atoms with van der Waals surface area (Å²) in [4.78, 5) is 4.14. The number of hydrogen-bond acceptors (Lipinski definition) is 3. The lowest BCUT2D eigenvalue weighted by atomic mass is 10.1. The average Bonchev–Trinajstić information content (AvgIpc) is 3.28. The van der Waals surface area contributed by atoms with E-state index in [4.69, 9.17) is 4.74 Å². The highest BCUT2D eigenvalue weighted by molar-refractivity contribution is 5.69. The molecule has 122 valence electrons. The summed E-state index contributed by atoms with van der Waals surface area (Å²) in [7, 11) is 0. The Hall–Kier alpha value is -2.53. The van der Waals surface area contributed by atoms with E-state index in [1.807, 2.05) is 41.2 Å². The second-order valence-electron chi connectivity index (χ2n) is 6.00. The number of nitrogens with zero attached hydrogens (tertiary/aromatic N) is 3. The minimum atomic E-state index is -0.331. The summed E-state index contributed by atoms with van der Waals surface area (Å²) in [5.74, 6) is -0.331. The molecule has 1 atom stereocenters. The fourth-order valence-electron chi connectivity index (χ4n) is 3.00. The van der Waals surface area contributed by atoms with Crippen LogP contribution in [0, 0.1) is 5.82 Å². The maximum Gasteiger partial charge on any atom is 0.141 e. The standard InChI is InChI=1S/C19H18FN3O/c20-16-6-7-18(21-12-16)14-3-1-4-15(11-14)19-8-9-23(22-19)13-17-5-2-10-24-17/h1,3-4,6-9,11-12,17H,2,5,10,13H2/t17-/m0/s1. The second kappa shape index (κ2) is 6.53. The van der Waals surface area contributed by atoms with Gasteiger partial charge < -0.3 is 4.74 Å². The van der Waals surface area contributed by atoms with E-state index >= 15 is 0 Å². The van der Waals surface area contributed by atoms with Gasteiger partial charge in [-0.15, -0.1) is 0 Å². The highest BCUT2D eigenvalue weighted by atomic mass is 19.1. The van der Waals surface area contributed by atoms with Crippen molar-refractivity contribution in [2.24, 2.45) is 0 Å². The van der Waals surface area contributed by atoms with E-state index in [9.17, 15) is 4.39 Å². The molecule has 0 unspecified atom stereocenters. The fraction of sp³-hybridized carbons (Fsp3) is 0.263. The largest absolute Gasteiger partial charge is 0.376 e. The third-order valence-corrected chi connectivity index (χ3v) is 4.24. The second-order valence-corrected chi connectivity index (χ2v) is 6.00. The van der Waals surface area contributed by atoms with Gasteiger partial charge in [0, 0.05) is 23.9 Å². The number of halogens is 1. The van der Waals surface area contributed by atoms with Gasteiger partial charge in [0.25, 0.3) is 0 Å². The smallest absolute Gasteiger partial charge is 0.141 e. The molecule has 4 rings (SSSR count). The molecule has 1 aliphatic heterocycles. The van der Waals surface area contributed by atoms with Crippen molar-refractivity contribution in [2.75, 3.05) is 6.61 Å². The Bertz CT molecular complexity index is 823. The van der Waals surface area contributed by atoms with Gasteiger partial charge in [0.15, 0.2) is 0 Å². The molecule has 5 heteroatoms. The van der Waals surface area contributed by atoms with Crippen LogP contribution in [0.25, 0.3) is 22.5 Å². The van der Waals surface area contributed by atoms with Gasteiger partial charge in [-0.05, 0) is 37.1 Å². The molecule has 0 saturated carbocycles. The van der Waals surface area contributed by atoms with Crippen molar-refractivity contribution in [1.82, 2.24) is 14.8 Å². The molecule has 0 radical (unpaired) electrons. The quantitative estimate of drug-likeness (QED) is 0.730. The molecule has 0 bridgehead atoms. The van der Waals surface area contributed by atoms with E-state index < -0.39 is 0 Å². The molecule has 0 spiro atoms. The van der Waals surface area contributed by atoms with Gasteiger partial charge in [0.1, 0.15) is 5.82 Å². The van der Waals surface area contributed by atoms with E-state index in [2.05, 4.69) is 10.1 Å². The summed E-state index contributed by atoms with van der Waals surface area (Å²) in [6.07, 6.45) is 5.72. The Morgan fingerprint density at radius 3 is 2.75 bits per heavy atom. The Labute approximate surface area is 139 Å². The summed E-state index contributed by atoms with van der Waals surface area (Å²) in [5, 5.41) is 4.65. The lowest BCUT2D eigenvalue weighted by Crippen LogP contribution is -2.15. The Morgan fingerprint density at radius 1 is 1.12 bits per heavy atom. The summed E-state index contributed by atoms with van der Waals surface area (Å²) < 4.78 is 20.6. The van der Waals surface area contributed by atoms with Gasteiger partial charge in [0.2, 0.25) is 0 Å². The van der Waals surface area contributed by atoms with Gasteiger partial charge in [-0.3, -0.25) is 9.67 Å². The number of rotatable bonds is 4. The molecule has 0 amide bonds. The lowest BCUT2D eigenvalue weighted by molar-refractivity contribution is 0.0940. The highest BCUT2D eigenvalue weighted by Crippen LogP contribution is 2.24. The normalized spacial score (nSPS) is 17.3. The van der Waals surface area contributed by atoms with Crippen LogP contribution in [0.2, 0.25) is 0 Å². The van der Waals surface area contributed by atoms with Crippen LogP contribution in [0.15, 0.2) is 54.9 Å². The molecule has 3 heterocycles. The lowest BCUT2D eigenvalue weighted by Gasteiger charge is -2.08. The van der Waals surface area contributed by atoms with Gasteiger partial charge in [-0.2, -0.15) is 5.10 Å². The molecule has 0 aliphatic carbocycles. The fourth-order valence-corrected chi connectivity index (χ4v) is 3.00. The Balaban J connectivity index is 1.57. The van der Waals surface area contributed by atoms with Crippen molar-refractivity contribution in [3.8, 4) is 22.5 Å². The maximum absolute atomic E-state index is 13.0. The van der Waals surface area contributed by atoms with Crippen molar-refractivity contribution in [1.29, 1.82) is 0 Å². The molecule has 3 aromatic rings. The molecular weight excluding hydrogens is 305 g/mol. The Kier molecular flexibility index (Phi) is 4.09. The Morgan fingerprint density at radius 2 is 2.00 bits per heavy atom. The van der Waals surface area contributed by atoms with E-state index in [0.717, 1.165) is 48.5 Å². The van der Waals surface area contributed by atoms with Gasteiger partial charge in [0.05, 0.1) is 30.2 Å². The first kappa shape index (κ1) is 15.0. The van der Waals surface area contributed by atoms with Crippen molar-refractivity contribution in [2.45, 2.75) is 25.5 Å². The van der Waals surface area contributed by atoms with Crippen LogP contribution in [-0.4, -0.2) is 27.5 Å². The van der Waals surface area contributed by atoms with Gasteiger partial charge in [-0.1, -0.05) is 18.2 Å². The molecule has 24 heavy (non-hydrogen) atoms. The number of aromatic nitrogens is 3. The zero-order valence-electron chi connectivity index (χ0n) is 13.2. The molecule has 1 aliphatic rings. The molecule has 1 saturated heterocycles. The average molecular weight is 323 g/mol. The first-order valence-corrected chi connectivity index (χ1v) is 8.15. The topological polar surface area (TPSA) is 39.9 Å². The molecule has 1 fully saturated rings. The number of benzene rings is 1. The zero-order valence-corrected chi connectivity index (χ0v) is 13.2. The van der Waals surface area contributed by atoms with Crippen molar-refractivity contribution < 1.29 is 9.13 Å². The van der Waals surface area contributed by atoms with Crippen LogP contribution in [-0.2, 0) is 11.3 Å². The van der Waals surface area contributed by atoms with Crippen molar-refractivity contribution >= 4 is 0 Å². The summed E-state index contributed by atoms with van der Waals surface area (Å²) in [6, 6.07) is 13.1. The van der Waals surface area contributed by atoms with Crippen LogP contribution < -0.4 is 0 Å². The summed E-state index contributed by atoms with van der Waals surface area (Å²) in [5.41, 5.74) is 3.62. The molecule has 4 nitrogen and oxygen atoms in total. The SMILES string of the molecule is Fc1ccc(-c2cccc(-c3ccn(C[C@@H]4CCCO4)n3)c2)nc1. The van der Waals surface area contributed by atoms with E-state index in [1.54, 1.807) is 6.07 Å². The molecule has 2 aromatic heterocycles. The maximum atomic E-state index is 13.0. The van der Waals surface area contributed by atoms with Crippen LogP contribution in [0.1, 0.15) is 12.8 Å². The van der Waals surface area contributed by atoms with Crippen LogP contribution in [0.4, 0.5) is 4.39 Å². The highest BCUT2D eigenvalue weighted by Gasteiger charge is 2.16. The third-order valence-electron chi connectivity index (χ3n) is 4.24. The van der Waals surface area contributed by atoms with Gasteiger partial charge >= 0.3 is 0 Å². The number of ether oxygens (including phenoxy) is 1. The minimum Gasteiger partial charge on any atom is -0.376 e. The van der Waals surface area contributed by atoms with Crippen molar-refractivity contribution in [3.05, 3.63) is 60.7 Å². The predicted octanol–water partition coefficient (Wildman–Crippen LogP) is 3.93. The third kappa shape index (κ3) is 3.21. The number of pyridine rings is 1. The first-order valence-electron chi connectivity index (χ1n) is 8.15. The molecule has 1 aromatic carbocycles. The van der Waals surface area contributed by atoms with Crippen LogP contribution in [0.3, 0.4) is 0 Å². The van der Waals surface area contributed by atoms with Crippen LogP contribution >= 0.6 is 0 Å². The monoisotopic (exact) mass is 323 g/mol. The predicted molar refractivity (Wildman–Crippen MR) is 89.8 cm³/mol.